The van der Waals surface area contributed by atoms with Crippen molar-refractivity contribution >= 4 is 0 Å². The van der Waals surface area contributed by atoms with Gasteiger partial charge in [0.1, 0.15) is 5.69 Å². The Hall–Kier alpha value is -1.83. The number of halogens is 3. The first-order chi connectivity index (χ1) is 9.94. The van der Waals surface area contributed by atoms with Gasteiger partial charge in [-0.2, -0.15) is 23.4 Å². The number of aromatic nitrogens is 4. The molecular weight excluding hydrogens is 283 g/mol. The lowest BCUT2D eigenvalue weighted by Crippen LogP contribution is -2.14. The van der Waals surface area contributed by atoms with E-state index in [4.69, 9.17) is 0 Å². The lowest BCUT2D eigenvalue weighted by molar-refractivity contribution is -0.144. The molecule has 2 heterocycles. The second-order valence-electron chi connectivity index (χ2n) is 4.60. The molecule has 0 radical (unpaired) electrons. The van der Waals surface area contributed by atoms with E-state index in [0.717, 1.165) is 23.0 Å². The molecule has 0 aliphatic carbocycles. The third kappa shape index (κ3) is 3.84. The summed E-state index contributed by atoms with van der Waals surface area (Å²) in [5, 5.41) is 11.3. The van der Waals surface area contributed by atoms with Crippen molar-refractivity contribution in [2.24, 2.45) is 0 Å². The zero-order valence-electron chi connectivity index (χ0n) is 12.0. The van der Waals surface area contributed by atoms with Crippen molar-refractivity contribution in [1.29, 1.82) is 0 Å². The number of nitrogens with one attached hydrogen (secondary N) is 1. The molecule has 0 saturated heterocycles. The Balaban J connectivity index is 1.95. The fraction of sp³-hybridized carbons (Fsp3) is 0.538. The highest BCUT2D eigenvalue weighted by Crippen LogP contribution is 2.29. The van der Waals surface area contributed by atoms with Crippen molar-refractivity contribution < 1.29 is 13.2 Å². The summed E-state index contributed by atoms with van der Waals surface area (Å²) in [5.74, 6) is 0. The summed E-state index contributed by atoms with van der Waals surface area (Å²) in [4.78, 5) is 0. The molecule has 0 bridgehead atoms. The van der Waals surface area contributed by atoms with E-state index in [2.05, 4.69) is 15.5 Å². The lowest BCUT2D eigenvalue weighted by Gasteiger charge is -2.07. The van der Waals surface area contributed by atoms with Crippen molar-refractivity contribution in [3.63, 3.8) is 0 Å². The molecule has 0 atom stereocenters. The standard InChI is InChI=1S/C13H18F3N5/c1-3-20-6-5-10(18-20)8-17-9-11-7-12(13(14,15)16)21(4-2)19-11/h5-7,17H,3-4,8-9H2,1-2H3. The van der Waals surface area contributed by atoms with Crippen molar-refractivity contribution in [3.05, 3.63) is 35.4 Å². The number of hydrogen-bond acceptors (Lipinski definition) is 3. The van der Waals surface area contributed by atoms with Crippen LogP contribution in [0.3, 0.4) is 0 Å². The summed E-state index contributed by atoms with van der Waals surface area (Å²) in [7, 11) is 0. The predicted molar refractivity (Wildman–Crippen MR) is 71.3 cm³/mol. The van der Waals surface area contributed by atoms with E-state index in [0.29, 0.717) is 12.2 Å². The molecule has 2 rings (SSSR count). The maximum Gasteiger partial charge on any atom is 0.433 e. The van der Waals surface area contributed by atoms with Crippen LogP contribution >= 0.6 is 0 Å². The molecule has 8 heteroatoms. The summed E-state index contributed by atoms with van der Waals surface area (Å²) in [6.45, 7) is 5.37. The number of aryl methyl sites for hydroxylation is 2. The van der Waals surface area contributed by atoms with Gasteiger partial charge in [-0.25, -0.2) is 0 Å². The van der Waals surface area contributed by atoms with Crippen LogP contribution in [0.4, 0.5) is 13.2 Å². The Morgan fingerprint density at radius 2 is 1.81 bits per heavy atom. The van der Waals surface area contributed by atoms with Gasteiger partial charge in [0.05, 0.1) is 11.4 Å². The molecule has 0 amide bonds. The van der Waals surface area contributed by atoms with E-state index in [1.807, 2.05) is 19.2 Å². The summed E-state index contributed by atoms with van der Waals surface area (Å²) in [5.41, 5.74) is 0.513. The normalized spacial score (nSPS) is 12.0. The van der Waals surface area contributed by atoms with Gasteiger partial charge in [0.15, 0.2) is 0 Å². The quantitative estimate of drug-likeness (QED) is 0.891. The molecule has 0 aliphatic heterocycles. The first-order valence-electron chi connectivity index (χ1n) is 6.81. The SMILES string of the molecule is CCn1ccc(CNCc2cc(C(F)(F)F)n(CC)n2)n1. The molecule has 0 spiro atoms. The fourth-order valence-electron chi connectivity index (χ4n) is 2.02. The molecule has 0 aromatic carbocycles. The van der Waals surface area contributed by atoms with Crippen LogP contribution in [0.5, 0.6) is 0 Å². The van der Waals surface area contributed by atoms with Gasteiger partial charge in [-0.15, -0.1) is 0 Å². The smallest absolute Gasteiger partial charge is 0.305 e. The largest absolute Gasteiger partial charge is 0.433 e. The Bertz CT molecular complexity index is 585. The first-order valence-corrected chi connectivity index (χ1v) is 6.81. The van der Waals surface area contributed by atoms with Crippen LogP contribution in [0.1, 0.15) is 30.9 Å². The van der Waals surface area contributed by atoms with Crippen LogP contribution in [0.25, 0.3) is 0 Å². The van der Waals surface area contributed by atoms with Crippen LogP contribution in [-0.4, -0.2) is 19.6 Å². The van der Waals surface area contributed by atoms with Crippen LogP contribution in [0.15, 0.2) is 18.3 Å². The predicted octanol–water partition coefficient (Wildman–Crippen LogP) is 2.43. The Morgan fingerprint density at radius 1 is 1.10 bits per heavy atom. The third-order valence-electron chi connectivity index (χ3n) is 3.05. The van der Waals surface area contributed by atoms with Crippen molar-refractivity contribution in [1.82, 2.24) is 24.9 Å². The Labute approximate surface area is 120 Å². The minimum atomic E-state index is -4.37. The van der Waals surface area contributed by atoms with Crippen molar-refractivity contribution in [3.8, 4) is 0 Å². The van der Waals surface area contributed by atoms with Gasteiger partial charge >= 0.3 is 6.18 Å². The summed E-state index contributed by atoms with van der Waals surface area (Å²) in [6.07, 6.45) is -2.51. The van der Waals surface area contributed by atoms with E-state index in [1.54, 1.807) is 11.6 Å². The summed E-state index contributed by atoms with van der Waals surface area (Å²) >= 11 is 0. The molecule has 0 unspecified atom stereocenters. The zero-order chi connectivity index (χ0) is 15.5. The van der Waals surface area contributed by atoms with E-state index < -0.39 is 11.9 Å². The van der Waals surface area contributed by atoms with Gasteiger partial charge in [-0.3, -0.25) is 9.36 Å². The van der Waals surface area contributed by atoms with Crippen LogP contribution < -0.4 is 5.32 Å². The van der Waals surface area contributed by atoms with Crippen molar-refractivity contribution in [2.45, 2.75) is 46.2 Å². The first kappa shape index (κ1) is 15.6. The lowest BCUT2D eigenvalue weighted by atomic mass is 10.3. The average molecular weight is 301 g/mol. The van der Waals surface area contributed by atoms with Gasteiger partial charge in [0.2, 0.25) is 0 Å². The van der Waals surface area contributed by atoms with Gasteiger partial charge in [-0.1, -0.05) is 0 Å². The number of nitrogens with zero attached hydrogens (tertiary/aromatic N) is 4. The van der Waals surface area contributed by atoms with E-state index in [-0.39, 0.29) is 13.1 Å². The Kier molecular flexibility index (Phi) is 4.66. The second-order valence-corrected chi connectivity index (χ2v) is 4.60. The van der Waals surface area contributed by atoms with Gasteiger partial charge in [-0.05, 0) is 26.0 Å². The van der Waals surface area contributed by atoms with Crippen molar-refractivity contribution in [2.75, 3.05) is 0 Å². The molecule has 2 aromatic heterocycles. The molecule has 2 aromatic rings. The maximum atomic E-state index is 12.8. The molecule has 0 aliphatic rings. The van der Waals surface area contributed by atoms with E-state index in [1.165, 1.54) is 0 Å². The summed E-state index contributed by atoms with van der Waals surface area (Å²) in [6, 6.07) is 2.96. The van der Waals surface area contributed by atoms with Crippen LogP contribution in [-0.2, 0) is 32.4 Å². The van der Waals surface area contributed by atoms with E-state index in [9.17, 15) is 13.2 Å². The van der Waals surface area contributed by atoms with Crippen LogP contribution in [0, 0.1) is 0 Å². The molecule has 0 saturated carbocycles. The third-order valence-corrected chi connectivity index (χ3v) is 3.05. The van der Waals surface area contributed by atoms with Gasteiger partial charge in [0.25, 0.3) is 0 Å². The highest BCUT2D eigenvalue weighted by molar-refractivity contribution is 5.13. The topological polar surface area (TPSA) is 47.7 Å². The summed E-state index contributed by atoms with van der Waals surface area (Å²) < 4.78 is 41.1. The molecule has 0 fully saturated rings. The van der Waals surface area contributed by atoms with E-state index >= 15 is 0 Å². The highest BCUT2D eigenvalue weighted by atomic mass is 19.4. The molecule has 21 heavy (non-hydrogen) atoms. The van der Waals surface area contributed by atoms with Crippen LogP contribution in [0.2, 0.25) is 0 Å². The maximum absolute atomic E-state index is 12.8. The second kappa shape index (κ2) is 6.30. The number of hydrogen-bond donors (Lipinski definition) is 1. The highest BCUT2D eigenvalue weighted by Gasteiger charge is 2.35. The van der Waals surface area contributed by atoms with Gasteiger partial charge in [0, 0.05) is 32.4 Å². The zero-order valence-corrected chi connectivity index (χ0v) is 12.0. The number of alkyl halides is 3. The molecule has 5 nitrogen and oxygen atoms in total. The average Bonchev–Trinajstić information content (AvgIpc) is 3.04. The number of rotatable bonds is 6. The monoisotopic (exact) mass is 301 g/mol. The Morgan fingerprint density at radius 3 is 2.33 bits per heavy atom. The fourth-order valence-corrected chi connectivity index (χ4v) is 2.02. The minimum absolute atomic E-state index is 0.190. The minimum Gasteiger partial charge on any atom is -0.305 e. The molecule has 116 valence electrons. The molecule has 1 N–H and O–H groups in total. The molecular formula is C13H18F3N5. The van der Waals surface area contributed by atoms with Gasteiger partial charge < -0.3 is 5.32 Å².